The zero-order valence-electron chi connectivity index (χ0n) is 11.6. The maximum Gasteiger partial charge on any atom is 0.138 e. The molecule has 0 amide bonds. The summed E-state index contributed by atoms with van der Waals surface area (Å²) in [6.07, 6.45) is 0. The zero-order valence-corrected chi connectivity index (χ0v) is 11.6. The van der Waals surface area contributed by atoms with Crippen molar-refractivity contribution >= 4 is 5.69 Å². The van der Waals surface area contributed by atoms with E-state index in [4.69, 9.17) is 10.7 Å². The van der Waals surface area contributed by atoms with Crippen LogP contribution in [0.2, 0.25) is 0 Å². The van der Waals surface area contributed by atoms with Gasteiger partial charge in [-0.05, 0) is 43.7 Å². The van der Waals surface area contributed by atoms with Gasteiger partial charge in [0.15, 0.2) is 0 Å². The lowest BCUT2D eigenvalue weighted by atomic mass is 10.1. The second-order valence-corrected chi connectivity index (χ2v) is 5.00. The molecule has 1 heterocycles. The molecule has 20 heavy (non-hydrogen) atoms. The Hall–Kier alpha value is -2.55. The van der Waals surface area contributed by atoms with Gasteiger partial charge in [0.25, 0.3) is 0 Å². The number of nitrogens with two attached hydrogens (primary N) is 1. The van der Waals surface area contributed by atoms with Crippen LogP contribution in [0, 0.1) is 13.8 Å². The summed E-state index contributed by atoms with van der Waals surface area (Å²) >= 11 is 0. The molecule has 0 fully saturated rings. The fourth-order valence-corrected chi connectivity index (χ4v) is 2.34. The monoisotopic (exact) mass is 263 g/mol. The van der Waals surface area contributed by atoms with E-state index < -0.39 is 0 Å². The maximum atomic E-state index is 5.72. The molecule has 2 aromatic carbocycles. The summed E-state index contributed by atoms with van der Waals surface area (Å²) in [6, 6.07) is 16.0. The summed E-state index contributed by atoms with van der Waals surface area (Å²) in [5.74, 6) is 0.876. The van der Waals surface area contributed by atoms with Crippen LogP contribution in [-0.2, 0) is 0 Å². The number of H-pyrrole nitrogens is 1. The number of aromatic amines is 1. The number of aryl methyl sites for hydroxylation is 2. The van der Waals surface area contributed by atoms with Gasteiger partial charge >= 0.3 is 0 Å². The second-order valence-electron chi connectivity index (χ2n) is 5.00. The highest BCUT2D eigenvalue weighted by Crippen LogP contribution is 2.28. The predicted molar refractivity (Wildman–Crippen MR) is 83.3 cm³/mol. The summed E-state index contributed by atoms with van der Waals surface area (Å²) in [6.45, 7) is 4.15. The number of aromatic nitrogens is 2. The van der Waals surface area contributed by atoms with Crippen molar-refractivity contribution in [2.45, 2.75) is 13.8 Å². The minimum atomic E-state index is 0.760. The minimum absolute atomic E-state index is 0.760. The fourth-order valence-electron chi connectivity index (χ4n) is 2.34. The summed E-state index contributed by atoms with van der Waals surface area (Å²) in [7, 11) is 0. The predicted octanol–water partition coefficient (Wildman–Crippen LogP) is 3.94. The first kappa shape index (κ1) is 12.5. The van der Waals surface area contributed by atoms with Gasteiger partial charge in [0, 0.05) is 22.5 Å². The number of benzene rings is 2. The van der Waals surface area contributed by atoms with E-state index in [-0.39, 0.29) is 0 Å². The number of rotatable bonds is 2. The third-order valence-corrected chi connectivity index (χ3v) is 3.47. The van der Waals surface area contributed by atoms with E-state index in [1.165, 1.54) is 11.1 Å². The van der Waals surface area contributed by atoms with Gasteiger partial charge in [0.05, 0.1) is 5.69 Å². The van der Waals surface area contributed by atoms with Crippen LogP contribution in [0.15, 0.2) is 48.5 Å². The van der Waals surface area contributed by atoms with Gasteiger partial charge < -0.3 is 10.7 Å². The Labute approximate surface area is 118 Å². The highest BCUT2D eigenvalue weighted by atomic mass is 14.9. The average Bonchev–Trinajstić information content (AvgIpc) is 2.82. The first-order valence-electron chi connectivity index (χ1n) is 6.63. The van der Waals surface area contributed by atoms with Crippen LogP contribution >= 0.6 is 0 Å². The van der Waals surface area contributed by atoms with Crippen LogP contribution in [0.25, 0.3) is 22.6 Å². The largest absolute Gasteiger partial charge is 0.399 e. The van der Waals surface area contributed by atoms with Crippen molar-refractivity contribution in [3.63, 3.8) is 0 Å². The van der Waals surface area contributed by atoms with Crippen molar-refractivity contribution in [3.05, 3.63) is 59.8 Å². The molecule has 0 saturated heterocycles. The van der Waals surface area contributed by atoms with Crippen LogP contribution in [0.3, 0.4) is 0 Å². The first-order valence-corrected chi connectivity index (χ1v) is 6.63. The Morgan fingerprint density at radius 3 is 2.35 bits per heavy atom. The summed E-state index contributed by atoms with van der Waals surface area (Å²) in [4.78, 5) is 8.10. The van der Waals surface area contributed by atoms with Gasteiger partial charge in [0.1, 0.15) is 5.82 Å². The quantitative estimate of drug-likeness (QED) is 0.688. The molecule has 3 rings (SSSR count). The van der Waals surface area contributed by atoms with Crippen LogP contribution in [0.5, 0.6) is 0 Å². The molecule has 3 aromatic rings. The Balaban J connectivity index is 2.08. The van der Waals surface area contributed by atoms with Crippen molar-refractivity contribution in [2.24, 2.45) is 0 Å². The molecule has 3 nitrogen and oxygen atoms in total. The van der Waals surface area contributed by atoms with Crippen molar-refractivity contribution in [3.8, 4) is 22.6 Å². The Bertz CT molecular complexity index is 739. The molecule has 0 spiro atoms. The lowest BCUT2D eigenvalue weighted by molar-refractivity contribution is 1.25. The minimum Gasteiger partial charge on any atom is -0.399 e. The topological polar surface area (TPSA) is 54.7 Å². The van der Waals surface area contributed by atoms with Gasteiger partial charge in [-0.25, -0.2) is 4.98 Å². The van der Waals surface area contributed by atoms with E-state index in [0.717, 1.165) is 28.5 Å². The molecular weight excluding hydrogens is 246 g/mol. The van der Waals surface area contributed by atoms with E-state index in [1.54, 1.807) is 0 Å². The van der Waals surface area contributed by atoms with Crippen LogP contribution in [-0.4, -0.2) is 9.97 Å². The van der Waals surface area contributed by atoms with E-state index in [2.05, 4.69) is 31.0 Å². The van der Waals surface area contributed by atoms with Crippen LogP contribution in [0.1, 0.15) is 11.3 Å². The third kappa shape index (κ3) is 2.18. The van der Waals surface area contributed by atoms with Crippen molar-refractivity contribution in [2.75, 3.05) is 5.73 Å². The third-order valence-electron chi connectivity index (χ3n) is 3.47. The Morgan fingerprint density at radius 1 is 0.950 bits per heavy atom. The molecule has 3 heteroatoms. The number of nitrogens with one attached hydrogen (secondary N) is 1. The molecule has 0 aliphatic heterocycles. The normalized spacial score (nSPS) is 10.7. The maximum absolute atomic E-state index is 5.72. The standard InChI is InChI=1S/C17H17N3/c1-11-5-3-4-6-15(11)16-12(2)19-17(20-16)13-7-9-14(18)10-8-13/h3-10H,18H2,1-2H3,(H,19,20). The van der Waals surface area contributed by atoms with E-state index >= 15 is 0 Å². The molecule has 100 valence electrons. The smallest absolute Gasteiger partial charge is 0.138 e. The SMILES string of the molecule is Cc1ccccc1-c1nc(-c2ccc(N)cc2)[nH]c1C. The summed E-state index contributed by atoms with van der Waals surface area (Å²) in [5.41, 5.74) is 12.0. The van der Waals surface area contributed by atoms with Crippen molar-refractivity contribution in [1.29, 1.82) is 0 Å². The van der Waals surface area contributed by atoms with Crippen molar-refractivity contribution in [1.82, 2.24) is 9.97 Å². The molecule has 0 radical (unpaired) electrons. The molecule has 0 saturated carbocycles. The number of hydrogen-bond acceptors (Lipinski definition) is 2. The molecule has 0 aliphatic rings. The fraction of sp³-hybridized carbons (Fsp3) is 0.118. The molecule has 3 N–H and O–H groups in total. The number of imidazole rings is 1. The van der Waals surface area contributed by atoms with Crippen LogP contribution in [0.4, 0.5) is 5.69 Å². The molecule has 0 bridgehead atoms. The number of hydrogen-bond donors (Lipinski definition) is 2. The molecule has 0 atom stereocenters. The Kier molecular flexibility index (Phi) is 3.03. The summed E-state index contributed by atoms with van der Waals surface area (Å²) in [5, 5.41) is 0. The lowest BCUT2D eigenvalue weighted by Crippen LogP contribution is -1.86. The zero-order chi connectivity index (χ0) is 14.1. The van der Waals surface area contributed by atoms with E-state index in [0.29, 0.717) is 0 Å². The van der Waals surface area contributed by atoms with Gasteiger partial charge in [-0.2, -0.15) is 0 Å². The molecular formula is C17H17N3. The van der Waals surface area contributed by atoms with Crippen LogP contribution < -0.4 is 5.73 Å². The molecule has 0 aliphatic carbocycles. The second kappa shape index (κ2) is 4.85. The van der Waals surface area contributed by atoms with E-state index in [1.807, 2.05) is 36.4 Å². The summed E-state index contributed by atoms with van der Waals surface area (Å²) < 4.78 is 0. The van der Waals surface area contributed by atoms with Crippen molar-refractivity contribution < 1.29 is 0 Å². The number of nitrogens with zero attached hydrogens (tertiary/aromatic N) is 1. The number of nitrogen functional groups attached to an aromatic ring is 1. The molecule has 1 aromatic heterocycles. The number of anilines is 1. The molecule has 0 unspecified atom stereocenters. The van der Waals surface area contributed by atoms with Gasteiger partial charge in [-0.3, -0.25) is 0 Å². The first-order chi connectivity index (χ1) is 9.65. The van der Waals surface area contributed by atoms with Gasteiger partial charge in [-0.15, -0.1) is 0 Å². The van der Waals surface area contributed by atoms with Gasteiger partial charge in [0.2, 0.25) is 0 Å². The highest BCUT2D eigenvalue weighted by molar-refractivity contribution is 5.70. The lowest BCUT2D eigenvalue weighted by Gasteiger charge is -2.02. The van der Waals surface area contributed by atoms with Gasteiger partial charge in [-0.1, -0.05) is 24.3 Å². The Morgan fingerprint density at radius 2 is 1.65 bits per heavy atom. The average molecular weight is 263 g/mol. The van der Waals surface area contributed by atoms with E-state index in [9.17, 15) is 0 Å². The highest BCUT2D eigenvalue weighted by Gasteiger charge is 2.11.